The molecule has 0 unspecified atom stereocenters. The van der Waals surface area contributed by atoms with Crippen LogP contribution < -0.4 is 15.0 Å². The second-order valence-corrected chi connectivity index (χ2v) is 15.0. The Morgan fingerprint density at radius 3 is 2.24 bits per heavy atom. The highest BCUT2D eigenvalue weighted by Gasteiger charge is 2.41. The zero-order valence-electron chi connectivity index (χ0n) is 26.3. The van der Waals surface area contributed by atoms with Gasteiger partial charge in [0.2, 0.25) is 15.9 Å². The molecule has 2 heterocycles. The van der Waals surface area contributed by atoms with E-state index in [9.17, 15) is 31.2 Å². The van der Waals surface area contributed by atoms with Crippen LogP contribution in [-0.2, 0) is 26.1 Å². The molecule has 0 spiro atoms. The normalized spacial score (nSPS) is 16.4. The third kappa shape index (κ3) is 8.76. The number of esters is 1. The number of hydrogen-bond donors (Lipinski definition) is 1. The van der Waals surface area contributed by atoms with E-state index in [0.29, 0.717) is 21.6 Å². The van der Waals surface area contributed by atoms with Crippen molar-refractivity contribution in [2.45, 2.75) is 76.9 Å². The van der Waals surface area contributed by atoms with Crippen molar-refractivity contribution in [1.82, 2.24) is 14.6 Å². The molecule has 1 aromatic heterocycles. The van der Waals surface area contributed by atoms with Crippen molar-refractivity contribution in [1.29, 1.82) is 0 Å². The molecule has 1 atom stereocenters. The van der Waals surface area contributed by atoms with Gasteiger partial charge in [-0.15, -0.1) is 13.2 Å². The van der Waals surface area contributed by atoms with E-state index in [1.807, 2.05) is 24.3 Å². The number of alkyl halides is 3. The molecule has 250 valence electrons. The number of amides is 1. The van der Waals surface area contributed by atoms with Crippen LogP contribution >= 0.6 is 11.3 Å². The number of carbonyl (C=O) groups is 2. The van der Waals surface area contributed by atoms with Gasteiger partial charge < -0.3 is 19.7 Å². The molecule has 4 rings (SSSR count). The number of thiazole rings is 1. The second kappa shape index (κ2) is 13.6. The maximum Gasteiger partial charge on any atom is 0.573 e. The monoisotopic (exact) mass is 682 g/mol. The molecule has 0 aliphatic carbocycles. The predicted octanol–water partition coefficient (Wildman–Crippen LogP) is 5.62. The molecule has 1 saturated heterocycles. The smallest absolute Gasteiger partial charge is 0.456 e. The van der Waals surface area contributed by atoms with E-state index in [2.05, 4.69) is 28.9 Å². The third-order valence-electron chi connectivity index (χ3n) is 7.05. The minimum absolute atomic E-state index is 0.0899. The molecule has 15 heteroatoms. The van der Waals surface area contributed by atoms with E-state index >= 15 is 0 Å². The van der Waals surface area contributed by atoms with E-state index in [1.54, 1.807) is 32.6 Å². The summed E-state index contributed by atoms with van der Waals surface area (Å²) < 4.78 is 75.9. The lowest BCUT2D eigenvalue weighted by Gasteiger charge is -2.39. The summed E-state index contributed by atoms with van der Waals surface area (Å²) in [5.41, 5.74) is 1.67. The van der Waals surface area contributed by atoms with Crippen molar-refractivity contribution >= 4 is 38.4 Å². The molecule has 46 heavy (non-hydrogen) atoms. The average molecular weight is 683 g/mol. The van der Waals surface area contributed by atoms with Crippen molar-refractivity contribution in [3.05, 3.63) is 70.2 Å². The second-order valence-electron chi connectivity index (χ2n) is 12.1. The Labute approximate surface area is 270 Å². The van der Waals surface area contributed by atoms with Crippen LogP contribution in [0.5, 0.6) is 5.75 Å². The van der Waals surface area contributed by atoms with Gasteiger partial charge in [-0.25, -0.2) is 18.2 Å². The summed E-state index contributed by atoms with van der Waals surface area (Å²) in [6, 6.07) is 10.3. The fourth-order valence-electron chi connectivity index (χ4n) is 4.75. The Morgan fingerprint density at radius 1 is 1.04 bits per heavy atom. The van der Waals surface area contributed by atoms with Gasteiger partial charge >= 0.3 is 12.3 Å². The van der Waals surface area contributed by atoms with Crippen LogP contribution in [0.2, 0.25) is 0 Å². The number of benzene rings is 2. The lowest BCUT2D eigenvalue weighted by molar-refractivity contribution is -0.274. The van der Waals surface area contributed by atoms with Crippen molar-refractivity contribution in [3.8, 4) is 5.75 Å². The number of ether oxygens (including phenoxy) is 2. The van der Waals surface area contributed by atoms with Gasteiger partial charge in [0.05, 0.1) is 10.6 Å². The van der Waals surface area contributed by atoms with Gasteiger partial charge in [0.25, 0.3) is 0 Å². The number of aromatic nitrogens is 1. The Hall–Kier alpha value is -3.69. The quantitative estimate of drug-likeness (QED) is 0.289. The largest absolute Gasteiger partial charge is 0.573 e. The molecule has 2 aromatic carbocycles. The lowest BCUT2D eigenvalue weighted by Crippen LogP contribution is -2.60. The molecule has 10 nitrogen and oxygen atoms in total. The summed E-state index contributed by atoms with van der Waals surface area (Å²) >= 11 is 1.09. The summed E-state index contributed by atoms with van der Waals surface area (Å²) in [5.74, 6) is -1.35. The summed E-state index contributed by atoms with van der Waals surface area (Å²) in [5, 5.41) is 3.25. The fourth-order valence-corrected chi connectivity index (χ4v) is 7.30. The van der Waals surface area contributed by atoms with Gasteiger partial charge in [-0.05, 0) is 69.0 Å². The van der Waals surface area contributed by atoms with Gasteiger partial charge in [-0.2, -0.15) is 4.31 Å². The number of anilines is 1. The first-order valence-electron chi connectivity index (χ1n) is 14.5. The maximum atomic E-state index is 13.8. The number of aryl methyl sites for hydroxylation is 1. The first-order chi connectivity index (χ1) is 21.3. The van der Waals surface area contributed by atoms with Crippen LogP contribution in [0, 0.1) is 6.92 Å². The number of nitrogens with one attached hydrogen (secondary N) is 1. The van der Waals surface area contributed by atoms with Crippen molar-refractivity contribution in [2.75, 3.05) is 24.5 Å². The van der Waals surface area contributed by atoms with Crippen LogP contribution in [0.4, 0.5) is 18.3 Å². The molecule has 1 amide bonds. The highest BCUT2D eigenvalue weighted by atomic mass is 32.2. The highest BCUT2D eigenvalue weighted by molar-refractivity contribution is 7.89. The number of piperazine rings is 1. The molecule has 0 saturated carbocycles. The molecule has 0 radical (unpaired) electrons. The number of carbonyl (C=O) groups excluding carboxylic acids is 2. The fraction of sp³-hybridized carbons (Fsp3) is 0.452. The van der Waals surface area contributed by atoms with Crippen LogP contribution in [0.1, 0.15) is 67.0 Å². The molecule has 0 bridgehead atoms. The van der Waals surface area contributed by atoms with Gasteiger partial charge in [0, 0.05) is 26.2 Å². The van der Waals surface area contributed by atoms with E-state index in [0.717, 1.165) is 51.0 Å². The predicted molar refractivity (Wildman–Crippen MR) is 167 cm³/mol. The first-order valence-corrected chi connectivity index (χ1v) is 16.8. The van der Waals surface area contributed by atoms with E-state index in [-0.39, 0.29) is 31.1 Å². The molecular weight excluding hydrogens is 645 g/mol. The molecule has 3 aromatic rings. The van der Waals surface area contributed by atoms with E-state index in [4.69, 9.17) is 4.74 Å². The minimum atomic E-state index is -4.94. The maximum absolute atomic E-state index is 13.8. The molecule has 1 N–H and O–H groups in total. The van der Waals surface area contributed by atoms with Gasteiger partial charge in [0.15, 0.2) is 5.13 Å². The van der Waals surface area contributed by atoms with Crippen molar-refractivity contribution in [2.24, 2.45) is 0 Å². The first kappa shape index (κ1) is 35.2. The molecule has 1 aliphatic heterocycles. The third-order valence-corrected chi connectivity index (χ3v) is 10.2. The highest BCUT2D eigenvalue weighted by Crippen LogP contribution is 2.32. The van der Waals surface area contributed by atoms with Crippen LogP contribution in [0.3, 0.4) is 0 Å². The molecular formula is C31H37F3N4O6S2. The summed E-state index contributed by atoms with van der Waals surface area (Å²) in [6.07, 6.45) is -4.94. The van der Waals surface area contributed by atoms with Crippen LogP contribution in [0.25, 0.3) is 0 Å². The SMILES string of the molecule is Cc1nc(N2CCN(S(=O)(=O)c3ccc(OC(F)(F)F)cc3)[C@@H](C(=O)NCc3ccc(C(C)C)cc3)C2)sc1C(=O)OC(C)(C)C. The van der Waals surface area contributed by atoms with Gasteiger partial charge in [-0.3, -0.25) is 4.79 Å². The average Bonchev–Trinajstić information content (AvgIpc) is 3.36. The van der Waals surface area contributed by atoms with Gasteiger partial charge in [0.1, 0.15) is 22.3 Å². The number of hydrogen-bond acceptors (Lipinski definition) is 9. The zero-order chi connectivity index (χ0) is 34.0. The molecule has 1 aliphatic rings. The van der Waals surface area contributed by atoms with E-state index in [1.165, 1.54) is 0 Å². The van der Waals surface area contributed by atoms with Crippen LogP contribution in [-0.4, -0.2) is 67.2 Å². The zero-order valence-corrected chi connectivity index (χ0v) is 28.0. The van der Waals surface area contributed by atoms with Crippen molar-refractivity contribution in [3.63, 3.8) is 0 Å². The van der Waals surface area contributed by atoms with Crippen molar-refractivity contribution < 1.29 is 40.7 Å². The topological polar surface area (TPSA) is 118 Å². The Bertz CT molecular complexity index is 1650. The van der Waals surface area contributed by atoms with Crippen LogP contribution in [0.15, 0.2) is 53.4 Å². The Kier molecular flexibility index (Phi) is 10.4. The van der Waals surface area contributed by atoms with E-state index < -0.39 is 45.7 Å². The Balaban J connectivity index is 1.60. The van der Waals surface area contributed by atoms with Gasteiger partial charge in [-0.1, -0.05) is 49.4 Å². The molecule has 1 fully saturated rings. The summed E-state index contributed by atoms with van der Waals surface area (Å²) in [7, 11) is -4.34. The summed E-state index contributed by atoms with van der Waals surface area (Å²) in [6.45, 7) is 11.1. The number of sulfonamides is 1. The number of rotatable bonds is 9. The lowest BCUT2D eigenvalue weighted by atomic mass is 10.0. The Morgan fingerprint density at radius 2 is 1.67 bits per heavy atom. The summed E-state index contributed by atoms with van der Waals surface area (Å²) in [4.78, 5) is 32.7. The minimum Gasteiger partial charge on any atom is -0.456 e. The number of nitrogens with zero attached hydrogens (tertiary/aromatic N) is 3. The number of halogens is 3. The standard InChI is InChI=1S/C31H37F3N4O6S2/c1-19(2)22-9-7-21(8-10-22)17-35-27(39)25-18-37(29-36-20(3)26(45-29)28(40)44-30(4,5)6)15-16-38(25)46(41,42)24-13-11-23(12-14-24)43-31(32,33)34/h7-14,19,25H,15-18H2,1-6H3,(H,35,39)/t25-/m1/s1.